The molecule has 0 amide bonds. The quantitative estimate of drug-likeness (QED) is 0.561. The molecule has 1 aromatic carbocycles. The second kappa shape index (κ2) is 5.97. The monoisotopic (exact) mass is 336 g/mol. The lowest BCUT2D eigenvalue weighted by Gasteiger charge is -2.15. The highest BCUT2D eigenvalue weighted by atomic mass is 16.5. The van der Waals surface area contributed by atoms with Crippen LogP contribution in [0.1, 0.15) is 17.1 Å². The standard InChI is InChI=1S/C17H16N6O2/c1-10-5-4-6-12(7-10)15-20-13(24-22-15)8-23(3)16-14-11(2)21-25-17(14)19-9-18-16/h4-7,9H,8H2,1-3H3. The van der Waals surface area contributed by atoms with Crippen LogP contribution in [0.4, 0.5) is 5.82 Å². The Morgan fingerprint density at radius 3 is 2.80 bits per heavy atom. The highest BCUT2D eigenvalue weighted by Crippen LogP contribution is 2.26. The first-order valence-corrected chi connectivity index (χ1v) is 7.79. The van der Waals surface area contributed by atoms with E-state index in [1.165, 1.54) is 6.33 Å². The predicted molar refractivity (Wildman–Crippen MR) is 90.9 cm³/mol. The Morgan fingerprint density at radius 2 is 1.96 bits per heavy atom. The first kappa shape index (κ1) is 15.3. The van der Waals surface area contributed by atoms with E-state index in [2.05, 4.69) is 25.3 Å². The van der Waals surface area contributed by atoms with Gasteiger partial charge in [-0.05, 0) is 19.9 Å². The molecule has 4 aromatic rings. The summed E-state index contributed by atoms with van der Waals surface area (Å²) in [5, 5.41) is 8.79. The zero-order valence-electron chi connectivity index (χ0n) is 14.1. The summed E-state index contributed by atoms with van der Waals surface area (Å²) in [4.78, 5) is 14.8. The Morgan fingerprint density at radius 1 is 1.08 bits per heavy atom. The van der Waals surface area contributed by atoms with Gasteiger partial charge in [0.1, 0.15) is 17.5 Å². The van der Waals surface area contributed by atoms with Gasteiger partial charge in [-0.2, -0.15) is 9.97 Å². The zero-order chi connectivity index (χ0) is 17.4. The normalized spacial score (nSPS) is 11.2. The average Bonchev–Trinajstić information content (AvgIpc) is 3.22. The maximum atomic E-state index is 5.39. The minimum atomic E-state index is 0.412. The highest BCUT2D eigenvalue weighted by Gasteiger charge is 2.18. The van der Waals surface area contributed by atoms with Crippen molar-refractivity contribution in [3.63, 3.8) is 0 Å². The average molecular weight is 336 g/mol. The SMILES string of the molecule is Cc1cccc(-c2noc(CN(C)c3ncnc4onc(C)c34)n2)c1. The first-order valence-electron chi connectivity index (χ1n) is 7.79. The fourth-order valence-corrected chi connectivity index (χ4v) is 2.69. The molecule has 0 saturated carbocycles. The van der Waals surface area contributed by atoms with Gasteiger partial charge >= 0.3 is 0 Å². The molecule has 0 atom stereocenters. The molecule has 0 saturated heterocycles. The van der Waals surface area contributed by atoms with Gasteiger partial charge in [0.15, 0.2) is 0 Å². The lowest BCUT2D eigenvalue weighted by molar-refractivity contribution is 0.378. The maximum absolute atomic E-state index is 5.39. The van der Waals surface area contributed by atoms with E-state index in [4.69, 9.17) is 9.05 Å². The van der Waals surface area contributed by atoms with Gasteiger partial charge in [-0.15, -0.1) is 0 Å². The number of anilines is 1. The van der Waals surface area contributed by atoms with E-state index in [0.29, 0.717) is 29.8 Å². The van der Waals surface area contributed by atoms with Crippen LogP contribution < -0.4 is 4.90 Å². The number of hydrogen-bond acceptors (Lipinski definition) is 8. The van der Waals surface area contributed by atoms with Crippen LogP contribution in [0.15, 0.2) is 39.6 Å². The molecule has 0 aliphatic carbocycles. The van der Waals surface area contributed by atoms with Gasteiger partial charge < -0.3 is 13.9 Å². The van der Waals surface area contributed by atoms with Crippen molar-refractivity contribution in [2.75, 3.05) is 11.9 Å². The number of fused-ring (bicyclic) bond motifs is 1. The van der Waals surface area contributed by atoms with Gasteiger partial charge in [-0.3, -0.25) is 0 Å². The third kappa shape index (κ3) is 2.82. The number of hydrogen-bond donors (Lipinski definition) is 0. The third-order valence-electron chi connectivity index (χ3n) is 3.90. The zero-order valence-corrected chi connectivity index (χ0v) is 14.1. The van der Waals surface area contributed by atoms with E-state index < -0.39 is 0 Å². The minimum absolute atomic E-state index is 0.412. The van der Waals surface area contributed by atoms with Crippen LogP contribution in [-0.2, 0) is 6.54 Å². The Hall–Kier alpha value is -3.29. The van der Waals surface area contributed by atoms with E-state index in [0.717, 1.165) is 22.2 Å². The molecule has 0 fully saturated rings. The van der Waals surface area contributed by atoms with Crippen LogP contribution in [0.3, 0.4) is 0 Å². The molecule has 0 spiro atoms. The van der Waals surface area contributed by atoms with Crippen LogP contribution in [0.2, 0.25) is 0 Å². The van der Waals surface area contributed by atoms with Crippen LogP contribution in [0.5, 0.6) is 0 Å². The highest BCUT2D eigenvalue weighted by molar-refractivity contribution is 5.87. The Kier molecular flexibility index (Phi) is 3.64. The van der Waals surface area contributed by atoms with Crippen molar-refractivity contribution in [3.8, 4) is 11.4 Å². The largest absolute Gasteiger partial charge is 0.350 e. The van der Waals surface area contributed by atoms with Gasteiger partial charge in [0.2, 0.25) is 11.7 Å². The van der Waals surface area contributed by atoms with Crippen molar-refractivity contribution in [1.29, 1.82) is 0 Å². The molecule has 0 aliphatic rings. The molecule has 25 heavy (non-hydrogen) atoms. The smallest absolute Gasteiger partial charge is 0.263 e. The van der Waals surface area contributed by atoms with Crippen molar-refractivity contribution >= 4 is 16.9 Å². The topological polar surface area (TPSA) is 94.0 Å². The second-order valence-corrected chi connectivity index (χ2v) is 5.88. The van der Waals surface area contributed by atoms with Gasteiger partial charge in [-0.1, -0.05) is 34.1 Å². The van der Waals surface area contributed by atoms with Crippen molar-refractivity contribution in [3.05, 3.63) is 47.7 Å². The summed E-state index contributed by atoms with van der Waals surface area (Å²) < 4.78 is 10.6. The Bertz CT molecular complexity index is 1040. The Labute approximate surface area is 143 Å². The summed E-state index contributed by atoms with van der Waals surface area (Å²) in [6.45, 7) is 4.30. The molecule has 0 unspecified atom stereocenters. The fourth-order valence-electron chi connectivity index (χ4n) is 2.69. The van der Waals surface area contributed by atoms with E-state index in [1.54, 1.807) is 0 Å². The number of aromatic nitrogens is 5. The van der Waals surface area contributed by atoms with Crippen molar-refractivity contribution < 1.29 is 9.05 Å². The third-order valence-corrected chi connectivity index (χ3v) is 3.90. The maximum Gasteiger partial charge on any atom is 0.263 e. The first-order chi connectivity index (χ1) is 12.1. The summed E-state index contributed by atoms with van der Waals surface area (Å²) in [5.41, 5.74) is 3.27. The lowest BCUT2D eigenvalue weighted by Crippen LogP contribution is -2.18. The predicted octanol–water partition coefficient (Wildman–Crippen LogP) is 2.92. The molecule has 0 aliphatic heterocycles. The van der Waals surface area contributed by atoms with Gasteiger partial charge in [0.05, 0.1) is 12.2 Å². The molecule has 8 nitrogen and oxygen atoms in total. The van der Waals surface area contributed by atoms with Crippen LogP contribution in [0, 0.1) is 13.8 Å². The molecule has 4 rings (SSSR count). The van der Waals surface area contributed by atoms with E-state index >= 15 is 0 Å². The second-order valence-electron chi connectivity index (χ2n) is 5.88. The van der Waals surface area contributed by atoms with Crippen LogP contribution in [0.25, 0.3) is 22.5 Å². The summed E-state index contributed by atoms with van der Waals surface area (Å²) in [6.07, 6.45) is 1.45. The molecule has 0 radical (unpaired) electrons. The summed E-state index contributed by atoms with van der Waals surface area (Å²) >= 11 is 0. The number of rotatable bonds is 4. The molecule has 126 valence electrons. The Balaban J connectivity index is 1.61. The number of benzene rings is 1. The van der Waals surface area contributed by atoms with Gasteiger partial charge in [0.25, 0.3) is 5.71 Å². The van der Waals surface area contributed by atoms with E-state index in [9.17, 15) is 0 Å². The number of aryl methyl sites for hydroxylation is 2. The minimum Gasteiger partial charge on any atom is -0.350 e. The van der Waals surface area contributed by atoms with Crippen molar-refractivity contribution in [2.24, 2.45) is 0 Å². The van der Waals surface area contributed by atoms with Crippen LogP contribution >= 0.6 is 0 Å². The summed E-state index contributed by atoms with van der Waals surface area (Å²) in [6, 6.07) is 7.98. The van der Waals surface area contributed by atoms with Gasteiger partial charge in [-0.25, -0.2) is 4.98 Å². The summed E-state index contributed by atoms with van der Waals surface area (Å²) in [7, 11) is 1.89. The summed E-state index contributed by atoms with van der Waals surface area (Å²) in [5.74, 6) is 1.78. The van der Waals surface area contributed by atoms with Gasteiger partial charge in [0, 0.05) is 12.6 Å². The molecular formula is C17H16N6O2. The van der Waals surface area contributed by atoms with Crippen LogP contribution in [-0.4, -0.2) is 32.3 Å². The molecule has 3 aromatic heterocycles. The molecular weight excluding hydrogens is 320 g/mol. The van der Waals surface area contributed by atoms with E-state index in [-0.39, 0.29) is 0 Å². The van der Waals surface area contributed by atoms with Crippen molar-refractivity contribution in [1.82, 2.24) is 25.3 Å². The van der Waals surface area contributed by atoms with E-state index in [1.807, 2.05) is 50.1 Å². The molecule has 0 bridgehead atoms. The number of nitrogens with zero attached hydrogens (tertiary/aromatic N) is 6. The molecule has 0 N–H and O–H groups in total. The fraction of sp³-hybridized carbons (Fsp3) is 0.235. The molecule has 3 heterocycles. The van der Waals surface area contributed by atoms with Crippen molar-refractivity contribution in [2.45, 2.75) is 20.4 Å². The lowest BCUT2D eigenvalue weighted by atomic mass is 10.1. The molecule has 8 heteroatoms.